The maximum absolute atomic E-state index is 12.0. The number of hydrogen-bond donors (Lipinski definition) is 2. The molecule has 0 aromatic carbocycles. The number of anilines is 2. The Morgan fingerprint density at radius 3 is 2.75 bits per heavy atom. The largest absolute Gasteiger partial charge is 0.384 e. The number of likely N-dealkylation sites (N-methyl/N-ethyl adjacent to an activating group) is 1. The molecule has 0 radical (unpaired) electrons. The van der Waals surface area contributed by atoms with Gasteiger partial charge in [0.1, 0.15) is 23.5 Å². The number of nitrogen functional groups attached to an aromatic ring is 1. The van der Waals surface area contributed by atoms with E-state index in [1.807, 2.05) is 0 Å². The predicted octanol–water partition coefficient (Wildman–Crippen LogP) is 0.495. The summed E-state index contributed by atoms with van der Waals surface area (Å²) >= 11 is 0. The van der Waals surface area contributed by atoms with E-state index in [-0.39, 0.29) is 11.8 Å². The van der Waals surface area contributed by atoms with Crippen LogP contribution in [0.3, 0.4) is 0 Å². The summed E-state index contributed by atoms with van der Waals surface area (Å²) in [6.07, 6.45) is 3.01. The summed E-state index contributed by atoms with van der Waals surface area (Å²) in [5.74, 6) is 1.71. The minimum atomic E-state index is -0.431. The fourth-order valence-electron chi connectivity index (χ4n) is 2.31. The van der Waals surface area contributed by atoms with Gasteiger partial charge < -0.3 is 11.1 Å². The molecule has 2 amide bonds. The molecule has 2 heterocycles. The van der Waals surface area contributed by atoms with Crippen molar-refractivity contribution in [2.75, 3.05) is 18.1 Å². The van der Waals surface area contributed by atoms with Crippen LogP contribution < -0.4 is 11.1 Å². The molecule has 1 saturated heterocycles. The molecule has 0 spiro atoms. The van der Waals surface area contributed by atoms with Crippen LogP contribution >= 0.6 is 0 Å². The van der Waals surface area contributed by atoms with Crippen LogP contribution in [0, 0.1) is 0 Å². The first-order chi connectivity index (χ1) is 9.54. The van der Waals surface area contributed by atoms with Crippen molar-refractivity contribution in [1.29, 1.82) is 0 Å². The van der Waals surface area contributed by atoms with Crippen LogP contribution in [0.1, 0.15) is 37.4 Å². The third kappa shape index (κ3) is 2.43. The van der Waals surface area contributed by atoms with Crippen molar-refractivity contribution in [3.63, 3.8) is 0 Å². The van der Waals surface area contributed by atoms with E-state index in [1.54, 1.807) is 6.07 Å². The molecule has 106 valence electrons. The van der Waals surface area contributed by atoms with Gasteiger partial charge >= 0.3 is 0 Å². The topological polar surface area (TPSA) is 101 Å². The Balaban J connectivity index is 1.77. The van der Waals surface area contributed by atoms with Crippen LogP contribution in [0.15, 0.2) is 6.07 Å². The number of nitrogens with one attached hydrogen (secondary N) is 1. The molecule has 1 aromatic rings. The molecule has 1 aliphatic heterocycles. The maximum atomic E-state index is 12.0. The summed E-state index contributed by atoms with van der Waals surface area (Å²) < 4.78 is 0. The average molecular weight is 275 g/mol. The Hall–Kier alpha value is -2.18. The average Bonchev–Trinajstić information content (AvgIpc) is 3.23. The number of aromatic nitrogens is 2. The third-order valence-electron chi connectivity index (χ3n) is 3.68. The van der Waals surface area contributed by atoms with Gasteiger partial charge in [0.05, 0.1) is 0 Å². The molecule has 3 N–H and O–H groups in total. The minimum Gasteiger partial charge on any atom is -0.384 e. The van der Waals surface area contributed by atoms with Gasteiger partial charge in [0.15, 0.2) is 0 Å². The number of amides is 2. The number of nitrogens with zero attached hydrogens (tertiary/aromatic N) is 3. The molecule has 1 aromatic heterocycles. The lowest BCUT2D eigenvalue weighted by atomic mass is 10.0. The lowest BCUT2D eigenvalue weighted by molar-refractivity contribution is -0.146. The quantitative estimate of drug-likeness (QED) is 0.779. The molecule has 1 unspecified atom stereocenters. The molecule has 3 rings (SSSR count). The zero-order valence-electron chi connectivity index (χ0n) is 11.3. The number of likely N-dealkylation sites (tertiary alicyclic amines) is 1. The third-order valence-corrected chi connectivity index (χ3v) is 3.68. The molecule has 0 bridgehead atoms. The van der Waals surface area contributed by atoms with Crippen molar-refractivity contribution < 1.29 is 9.59 Å². The molecule has 7 nitrogen and oxygen atoms in total. The summed E-state index contributed by atoms with van der Waals surface area (Å²) in [6.45, 7) is 0. The second-order valence-electron chi connectivity index (χ2n) is 5.34. The number of hydrogen-bond acceptors (Lipinski definition) is 6. The zero-order valence-corrected chi connectivity index (χ0v) is 11.3. The second-order valence-corrected chi connectivity index (χ2v) is 5.34. The van der Waals surface area contributed by atoms with E-state index in [1.165, 1.54) is 7.05 Å². The van der Waals surface area contributed by atoms with Crippen LogP contribution in [0.2, 0.25) is 0 Å². The summed E-state index contributed by atoms with van der Waals surface area (Å²) in [6, 6.07) is 1.19. The molecular weight excluding hydrogens is 258 g/mol. The Morgan fingerprint density at radius 2 is 2.05 bits per heavy atom. The molecule has 1 atom stereocenters. The first-order valence-corrected chi connectivity index (χ1v) is 6.76. The van der Waals surface area contributed by atoms with Crippen molar-refractivity contribution >= 4 is 23.5 Å². The Bertz CT molecular complexity index is 570. The highest BCUT2D eigenvalue weighted by molar-refractivity contribution is 6.01. The van der Waals surface area contributed by atoms with E-state index in [0.29, 0.717) is 30.4 Å². The Labute approximate surface area is 116 Å². The molecule has 20 heavy (non-hydrogen) atoms. The van der Waals surface area contributed by atoms with Crippen molar-refractivity contribution in [3.8, 4) is 0 Å². The molecule has 7 heteroatoms. The number of piperidine rings is 1. The summed E-state index contributed by atoms with van der Waals surface area (Å²) in [5.41, 5.74) is 5.77. The molecular formula is C13H17N5O2. The fourth-order valence-corrected chi connectivity index (χ4v) is 2.31. The first-order valence-electron chi connectivity index (χ1n) is 6.76. The van der Waals surface area contributed by atoms with E-state index in [9.17, 15) is 9.59 Å². The van der Waals surface area contributed by atoms with E-state index < -0.39 is 6.04 Å². The lowest BCUT2D eigenvalue weighted by Crippen LogP contribution is -2.48. The highest BCUT2D eigenvalue weighted by atomic mass is 16.2. The summed E-state index contributed by atoms with van der Waals surface area (Å²) in [7, 11) is 1.50. The number of imide groups is 1. The normalized spacial score (nSPS) is 23.1. The van der Waals surface area contributed by atoms with Crippen molar-refractivity contribution in [1.82, 2.24) is 14.9 Å². The van der Waals surface area contributed by atoms with Crippen LogP contribution in [0.25, 0.3) is 0 Å². The van der Waals surface area contributed by atoms with Crippen molar-refractivity contribution in [2.24, 2.45) is 0 Å². The van der Waals surface area contributed by atoms with Crippen molar-refractivity contribution in [3.05, 3.63) is 11.9 Å². The van der Waals surface area contributed by atoms with E-state index >= 15 is 0 Å². The summed E-state index contributed by atoms with van der Waals surface area (Å²) in [4.78, 5) is 33.2. The van der Waals surface area contributed by atoms with Crippen LogP contribution in [0.5, 0.6) is 0 Å². The van der Waals surface area contributed by atoms with Gasteiger partial charge in [-0.1, -0.05) is 0 Å². The molecule has 1 aliphatic carbocycles. The molecule has 2 aliphatic rings. The number of rotatable bonds is 3. The highest BCUT2D eigenvalue weighted by Crippen LogP contribution is 2.38. The second kappa shape index (κ2) is 4.73. The fraction of sp³-hybridized carbons (Fsp3) is 0.538. The predicted molar refractivity (Wildman–Crippen MR) is 72.8 cm³/mol. The van der Waals surface area contributed by atoms with Gasteiger partial charge in [0.25, 0.3) is 5.91 Å². The van der Waals surface area contributed by atoms with Crippen LogP contribution in [-0.2, 0) is 9.59 Å². The molecule has 2 fully saturated rings. The van der Waals surface area contributed by atoms with Crippen LogP contribution in [-0.4, -0.2) is 39.8 Å². The van der Waals surface area contributed by atoms with Crippen molar-refractivity contribution in [2.45, 2.75) is 37.6 Å². The van der Waals surface area contributed by atoms with Gasteiger partial charge in [-0.25, -0.2) is 9.97 Å². The lowest BCUT2D eigenvalue weighted by Gasteiger charge is -2.28. The Morgan fingerprint density at radius 1 is 1.30 bits per heavy atom. The van der Waals surface area contributed by atoms with Crippen LogP contribution in [0.4, 0.5) is 11.6 Å². The maximum Gasteiger partial charge on any atom is 0.251 e. The van der Waals surface area contributed by atoms with Gasteiger partial charge in [0.2, 0.25) is 5.91 Å². The van der Waals surface area contributed by atoms with Gasteiger partial charge in [-0.15, -0.1) is 0 Å². The van der Waals surface area contributed by atoms with E-state index in [2.05, 4.69) is 15.3 Å². The Kier molecular flexibility index (Phi) is 3.04. The van der Waals surface area contributed by atoms with E-state index in [0.717, 1.165) is 23.6 Å². The number of nitrogens with two attached hydrogens (primary N) is 1. The van der Waals surface area contributed by atoms with E-state index in [4.69, 9.17) is 5.73 Å². The smallest absolute Gasteiger partial charge is 0.251 e. The van der Waals surface area contributed by atoms with Gasteiger partial charge in [-0.2, -0.15) is 0 Å². The first kappa shape index (κ1) is 12.8. The van der Waals surface area contributed by atoms with Gasteiger partial charge in [-0.3, -0.25) is 14.5 Å². The summed E-state index contributed by atoms with van der Waals surface area (Å²) in [5, 5.41) is 3.07. The van der Waals surface area contributed by atoms with Gasteiger partial charge in [0, 0.05) is 25.5 Å². The highest BCUT2D eigenvalue weighted by Gasteiger charge is 2.32. The number of carbonyl (C=O) groups excluding carboxylic acids is 2. The SMILES string of the molecule is CN1C(=O)CCC(Nc2cc(N)nc(C3CC3)n2)C1=O. The zero-order chi connectivity index (χ0) is 14.3. The number of carbonyl (C=O) groups is 2. The monoisotopic (exact) mass is 275 g/mol. The molecule has 1 saturated carbocycles. The minimum absolute atomic E-state index is 0.145. The van der Waals surface area contributed by atoms with Gasteiger partial charge in [-0.05, 0) is 19.3 Å². The standard InChI is InChI=1S/C13H17N5O2/c1-18-11(19)5-4-8(13(18)20)15-10-6-9(14)16-12(17-10)7-2-3-7/h6-8H,2-5H2,1H3,(H3,14,15,16,17).